The molecule has 2 N–H and O–H groups in total. The number of hydrogen-bond donors (Lipinski definition) is 2. The maximum atomic E-state index is 12.9. The maximum absolute atomic E-state index is 12.9. The van der Waals surface area contributed by atoms with E-state index in [1.54, 1.807) is 20.4 Å². The zero-order valence-corrected chi connectivity index (χ0v) is 17.0. The predicted octanol–water partition coefficient (Wildman–Crippen LogP) is 1.66. The van der Waals surface area contributed by atoms with Crippen LogP contribution < -0.4 is 20.3 Å². The summed E-state index contributed by atoms with van der Waals surface area (Å²) in [6, 6.07) is 5.84. The quantitative estimate of drug-likeness (QED) is 0.655. The van der Waals surface area contributed by atoms with Crippen LogP contribution in [0.2, 0.25) is 0 Å². The third-order valence-electron chi connectivity index (χ3n) is 5.22. The van der Waals surface area contributed by atoms with Gasteiger partial charge >= 0.3 is 0 Å². The topological polar surface area (TPSA) is 96.7 Å². The zero-order valence-electron chi connectivity index (χ0n) is 17.0. The molecule has 29 heavy (non-hydrogen) atoms. The highest BCUT2D eigenvalue weighted by Crippen LogP contribution is 2.32. The van der Waals surface area contributed by atoms with Crippen LogP contribution in [0.4, 0.5) is 11.8 Å². The van der Waals surface area contributed by atoms with E-state index < -0.39 is 5.54 Å². The standard InChI is InChI=1S/C20H25N7O2/c1-20(2,15-10-22-16-7-5-6-8-27(15)16)25-18(28)13-11-26(12-13)17-14(29-4)9-23-19(21-3)24-17/h5-10,13H,11-12H2,1-4H3,(H,25,28)(H,21,23,24). The van der Waals surface area contributed by atoms with E-state index in [9.17, 15) is 4.79 Å². The van der Waals surface area contributed by atoms with Crippen molar-refractivity contribution in [1.29, 1.82) is 0 Å². The Morgan fingerprint density at radius 2 is 2.03 bits per heavy atom. The first-order chi connectivity index (χ1) is 13.9. The van der Waals surface area contributed by atoms with Crippen LogP contribution in [-0.2, 0) is 10.3 Å². The highest BCUT2D eigenvalue weighted by atomic mass is 16.5. The van der Waals surface area contributed by atoms with E-state index in [-0.39, 0.29) is 11.8 Å². The molecule has 0 aliphatic carbocycles. The number of carbonyl (C=O) groups is 1. The van der Waals surface area contributed by atoms with Crippen molar-refractivity contribution in [3.05, 3.63) is 42.5 Å². The summed E-state index contributed by atoms with van der Waals surface area (Å²) in [5.41, 5.74) is 1.24. The molecule has 4 heterocycles. The van der Waals surface area contributed by atoms with E-state index in [1.165, 1.54) is 0 Å². The number of ether oxygens (including phenoxy) is 1. The molecule has 4 rings (SSSR count). The number of fused-ring (bicyclic) bond motifs is 1. The first-order valence-corrected chi connectivity index (χ1v) is 9.51. The molecule has 1 fully saturated rings. The number of pyridine rings is 1. The summed E-state index contributed by atoms with van der Waals surface area (Å²) < 4.78 is 7.36. The molecule has 9 nitrogen and oxygen atoms in total. The number of carbonyl (C=O) groups excluding carboxylic acids is 1. The molecule has 0 atom stereocenters. The van der Waals surface area contributed by atoms with Crippen molar-refractivity contribution in [3.8, 4) is 5.75 Å². The molecule has 0 radical (unpaired) electrons. The van der Waals surface area contributed by atoms with Crippen LogP contribution in [0.5, 0.6) is 5.75 Å². The molecular formula is C20H25N7O2. The van der Waals surface area contributed by atoms with Gasteiger partial charge in [0.1, 0.15) is 5.65 Å². The van der Waals surface area contributed by atoms with Gasteiger partial charge in [-0.05, 0) is 26.0 Å². The summed E-state index contributed by atoms with van der Waals surface area (Å²) in [6.45, 7) is 5.13. The van der Waals surface area contributed by atoms with Crippen molar-refractivity contribution in [3.63, 3.8) is 0 Å². The Hall–Kier alpha value is -3.36. The molecule has 152 valence electrons. The number of methoxy groups -OCH3 is 1. The second-order valence-electron chi connectivity index (χ2n) is 7.62. The van der Waals surface area contributed by atoms with Crippen molar-refractivity contribution in [2.24, 2.45) is 5.92 Å². The molecule has 1 aliphatic heterocycles. The molecule has 0 aromatic carbocycles. The van der Waals surface area contributed by atoms with Gasteiger partial charge in [0.05, 0.1) is 36.7 Å². The van der Waals surface area contributed by atoms with E-state index in [4.69, 9.17) is 4.74 Å². The normalized spacial score (nSPS) is 14.6. The van der Waals surface area contributed by atoms with Crippen LogP contribution in [0, 0.1) is 5.92 Å². The lowest BCUT2D eigenvalue weighted by Crippen LogP contribution is -2.57. The van der Waals surface area contributed by atoms with Crippen LogP contribution in [0.3, 0.4) is 0 Å². The number of amides is 1. The molecule has 3 aromatic heterocycles. The van der Waals surface area contributed by atoms with Crippen molar-refractivity contribution in [2.75, 3.05) is 37.5 Å². The van der Waals surface area contributed by atoms with E-state index in [0.717, 1.165) is 11.3 Å². The van der Waals surface area contributed by atoms with Gasteiger partial charge in [-0.1, -0.05) is 6.07 Å². The molecule has 1 amide bonds. The van der Waals surface area contributed by atoms with Gasteiger partial charge in [0.2, 0.25) is 11.9 Å². The lowest BCUT2D eigenvalue weighted by atomic mass is 9.95. The molecule has 0 saturated carbocycles. The number of nitrogens with zero attached hydrogens (tertiary/aromatic N) is 5. The summed E-state index contributed by atoms with van der Waals surface area (Å²) >= 11 is 0. The Morgan fingerprint density at radius 1 is 1.24 bits per heavy atom. The molecule has 1 saturated heterocycles. The van der Waals surface area contributed by atoms with Crippen LogP contribution in [0.1, 0.15) is 19.5 Å². The lowest BCUT2D eigenvalue weighted by molar-refractivity contribution is -0.127. The minimum Gasteiger partial charge on any atom is -0.491 e. The minimum atomic E-state index is -0.551. The maximum Gasteiger partial charge on any atom is 0.227 e. The van der Waals surface area contributed by atoms with Gasteiger partial charge in [0.25, 0.3) is 0 Å². The number of aromatic nitrogens is 4. The Kier molecular flexibility index (Phi) is 4.73. The van der Waals surface area contributed by atoms with Crippen molar-refractivity contribution in [1.82, 2.24) is 24.7 Å². The van der Waals surface area contributed by atoms with Crippen LogP contribution in [0.25, 0.3) is 5.65 Å². The van der Waals surface area contributed by atoms with Gasteiger partial charge in [-0.2, -0.15) is 4.98 Å². The van der Waals surface area contributed by atoms with Gasteiger partial charge < -0.3 is 24.7 Å². The average molecular weight is 395 g/mol. The van der Waals surface area contributed by atoms with E-state index in [0.29, 0.717) is 30.6 Å². The first kappa shape index (κ1) is 19.0. The average Bonchev–Trinajstić information content (AvgIpc) is 3.11. The summed E-state index contributed by atoms with van der Waals surface area (Å²) in [5.74, 6) is 1.69. The van der Waals surface area contributed by atoms with Gasteiger partial charge in [0.15, 0.2) is 11.6 Å². The fourth-order valence-electron chi connectivity index (χ4n) is 3.54. The lowest BCUT2D eigenvalue weighted by Gasteiger charge is -2.41. The molecular weight excluding hydrogens is 370 g/mol. The monoisotopic (exact) mass is 395 g/mol. The Balaban J connectivity index is 1.45. The number of nitrogens with one attached hydrogen (secondary N) is 2. The highest BCUT2D eigenvalue weighted by Gasteiger charge is 2.38. The van der Waals surface area contributed by atoms with Crippen molar-refractivity contribution < 1.29 is 9.53 Å². The number of hydrogen-bond acceptors (Lipinski definition) is 7. The second-order valence-corrected chi connectivity index (χ2v) is 7.62. The molecule has 0 unspecified atom stereocenters. The summed E-state index contributed by atoms with van der Waals surface area (Å²) in [4.78, 5) is 28.0. The van der Waals surface area contributed by atoms with Gasteiger partial charge in [-0.3, -0.25) is 4.79 Å². The molecule has 9 heteroatoms. The van der Waals surface area contributed by atoms with Gasteiger partial charge in [0, 0.05) is 26.3 Å². The molecule has 3 aromatic rings. The van der Waals surface area contributed by atoms with Crippen LogP contribution in [0.15, 0.2) is 36.8 Å². The number of rotatable bonds is 6. The van der Waals surface area contributed by atoms with E-state index >= 15 is 0 Å². The summed E-state index contributed by atoms with van der Waals surface area (Å²) in [7, 11) is 3.35. The summed E-state index contributed by atoms with van der Waals surface area (Å²) in [5, 5.41) is 6.10. The van der Waals surface area contributed by atoms with Crippen molar-refractivity contribution in [2.45, 2.75) is 19.4 Å². The molecule has 0 spiro atoms. The van der Waals surface area contributed by atoms with Gasteiger partial charge in [-0.15, -0.1) is 0 Å². The number of imidazole rings is 1. The molecule has 1 aliphatic rings. The van der Waals surface area contributed by atoms with E-state index in [1.807, 2.05) is 53.7 Å². The Bertz CT molecular complexity index is 1040. The first-order valence-electron chi connectivity index (χ1n) is 9.51. The largest absolute Gasteiger partial charge is 0.491 e. The summed E-state index contributed by atoms with van der Waals surface area (Å²) in [6.07, 6.45) is 5.40. The predicted molar refractivity (Wildman–Crippen MR) is 110 cm³/mol. The number of anilines is 2. The smallest absolute Gasteiger partial charge is 0.227 e. The zero-order chi connectivity index (χ0) is 20.6. The third kappa shape index (κ3) is 3.43. The van der Waals surface area contributed by atoms with E-state index in [2.05, 4.69) is 25.6 Å². The third-order valence-corrected chi connectivity index (χ3v) is 5.22. The fourth-order valence-corrected chi connectivity index (χ4v) is 3.54. The van der Waals surface area contributed by atoms with Crippen molar-refractivity contribution >= 4 is 23.3 Å². The Labute approximate surface area is 169 Å². The minimum absolute atomic E-state index is 0.0130. The van der Waals surface area contributed by atoms with Crippen LogP contribution >= 0.6 is 0 Å². The van der Waals surface area contributed by atoms with Crippen LogP contribution in [-0.4, -0.2) is 52.5 Å². The SMILES string of the molecule is CNc1ncc(OC)c(N2CC(C(=O)NC(C)(C)c3cnc4ccccn34)C2)n1. The molecule has 0 bridgehead atoms. The highest BCUT2D eigenvalue weighted by molar-refractivity contribution is 5.83. The Morgan fingerprint density at radius 3 is 2.76 bits per heavy atom. The van der Waals surface area contributed by atoms with Gasteiger partial charge in [-0.25, -0.2) is 9.97 Å². The fraction of sp³-hybridized carbons (Fsp3) is 0.400. The second kappa shape index (κ2) is 7.23.